The SMILES string of the molecule is CN1C(=Cc2ccc(F)cc2)C(=O)c2ccccc21. The number of benzene rings is 2. The van der Waals surface area contributed by atoms with Gasteiger partial charge in [-0.1, -0.05) is 24.3 Å². The lowest BCUT2D eigenvalue weighted by Crippen LogP contribution is -2.13. The van der Waals surface area contributed by atoms with E-state index in [0.717, 1.165) is 11.3 Å². The molecular weight excluding hydrogens is 241 g/mol. The molecule has 19 heavy (non-hydrogen) atoms. The molecule has 0 atom stereocenters. The van der Waals surface area contributed by atoms with Crippen molar-refractivity contribution in [1.29, 1.82) is 0 Å². The maximum absolute atomic E-state index is 12.9. The summed E-state index contributed by atoms with van der Waals surface area (Å²) in [5.74, 6) is -0.279. The third kappa shape index (κ3) is 1.93. The van der Waals surface area contributed by atoms with Gasteiger partial charge in [-0.15, -0.1) is 0 Å². The van der Waals surface area contributed by atoms with E-state index >= 15 is 0 Å². The number of anilines is 1. The number of hydrogen-bond donors (Lipinski definition) is 0. The molecule has 3 heteroatoms. The van der Waals surface area contributed by atoms with Gasteiger partial charge in [0.05, 0.1) is 11.4 Å². The molecule has 1 heterocycles. The number of hydrogen-bond acceptors (Lipinski definition) is 2. The normalized spacial score (nSPS) is 16.0. The molecule has 0 fully saturated rings. The van der Waals surface area contributed by atoms with Crippen LogP contribution in [-0.4, -0.2) is 12.8 Å². The van der Waals surface area contributed by atoms with Crippen LogP contribution in [0.1, 0.15) is 15.9 Å². The third-order valence-electron chi connectivity index (χ3n) is 3.28. The molecule has 0 bridgehead atoms. The summed E-state index contributed by atoms with van der Waals surface area (Å²) < 4.78 is 12.9. The van der Waals surface area contributed by atoms with Crippen LogP contribution < -0.4 is 4.90 Å². The minimum Gasteiger partial charge on any atom is -0.341 e. The molecule has 3 rings (SSSR count). The highest BCUT2D eigenvalue weighted by molar-refractivity contribution is 6.21. The van der Waals surface area contributed by atoms with Crippen LogP contribution in [0.5, 0.6) is 0 Å². The molecule has 0 aromatic heterocycles. The highest BCUT2D eigenvalue weighted by Crippen LogP contribution is 2.33. The molecule has 1 aliphatic rings. The van der Waals surface area contributed by atoms with Crippen molar-refractivity contribution in [2.24, 2.45) is 0 Å². The van der Waals surface area contributed by atoms with Crippen molar-refractivity contribution in [2.75, 3.05) is 11.9 Å². The van der Waals surface area contributed by atoms with Gasteiger partial charge in [0.25, 0.3) is 0 Å². The fraction of sp³-hybridized carbons (Fsp3) is 0.0625. The first-order chi connectivity index (χ1) is 9.16. The molecule has 0 N–H and O–H groups in total. The van der Waals surface area contributed by atoms with Crippen LogP contribution in [0, 0.1) is 5.82 Å². The molecule has 0 saturated carbocycles. The van der Waals surface area contributed by atoms with Crippen LogP contribution in [-0.2, 0) is 0 Å². The van der Waals surface area contributed by atoms with Crippen molar-refractivity contribution in [3.05, 3.63) is 71.2 Å². The number of ketones is 1. The molecular formula is C16H12FNO. The lowest BCUT2D eigenvalue weighted by atomic mass is 10.1. The van der Waals surface area contributed by atoms with E-state index in [4.69, 9.17) is 0 Å². The van der Waals surface area contributed by atoms with E-state index in [1.54, 1.807) is 18.2 Å². The van der Waals surface area contributed by atoms with Gasteiger partial charge in [-0.25, -0.2) is 4.39 Å². The molecule has 0 spiro atoms. The first kappa shape index (κ1) is 11.7. The topological polar surface area (TPSA) is 20.3 Å². The van der Waals surface area contributed by atoms with E-state index in [-0.39, 0.29) is 11.6 Å². The number of likely N-dealkylation sites (N-methyl/N-ethyl adjacent to an activating group) is 1. The minimum atomic E-state index is -0.281. The van der Waals surface area contributed by atoms with Gasteiger partial charge >= 0.3 is 0 Å². The third-order valence-corrected chi connectivity index (χ3v) is 3.28. The Morgan fingerprint density at radius 2 is 1.74 bits per heavy atom. The average molecular weight is 253 g/mol. The molecule has 94 valence electrons. The number of halogens is 1. The summed E-state index contributed by atoms with van der Waals surface area (Å²) in [6.45, 7) is 0. The van der Waals surface area contributed by atoms with Crippen LogP contribution in [0.4, 0.5) is 10.1 Å². The summed E-state index contributed by atoms with van der Waals surface area (Å²) in [5, 5.41) is 0. The summed E-state index contributed by atoms with van der Waals surface area (Å²) in [7, 11) is 1.86. The second-order valence-corrected chi connectivity index (χ2v) is 4.49. The fourth-order valence-corrected chi connectivity index (χ4v) is 2.26. The van der Waals surface area contributed by atoms with Gasteiger partial charge in [0.1, 0.15) is 5.82 Å². The Labute approximate surface area is 110 Å². The van der Waals surface area contributed by atoms with Crippen LogP contribution in [0.25, 0.3) is 6.08 Å². The zero-order valence-corrected chi connectivity index (χ0v) is 10.4. The number of carbonyl (C=O) groups is 1. The summed E-state index contributed by atoms with van der Waals surface area (Å²) >= 11 is 0. The van der Waals surface area contributed by atoms with Gasteiger partial charge in [0.2, 0.25) is 5.78 Å². The Balaban J connectivity index is 2.04. The standard InChI is InChI=1S/C16H12FNO/c1-18-14-5-3-2-4-13(14)16(19)15(18)10-11-6-8-12(17)9-7-11/h2-10H,1H3. The summed E-state index contributed by atoms with van der Waals surface area (Å²) in [6.07, 6.45) is 1.78. The molecule has 0 unspecified atom stereocenters. The van der Waals surface area contributed by atoms with E-state index in [9.17, 15) is 9.18 Å². The lowest BCUT2D eigenvalue weighted by molar-refractivity contribution is 0.104. The highest BCUT2D eigenvalue weighted by Gasteiger charge is 2.28. The van der Waals surface area contributed by atoms with Crippen molar-refractivity contribution in [1.82, 2.24) is 0 Å². The molecule has 0 radical (unpaired) electrons. The predicted octanol–water partition coefficient (Wildman–Crippen LogP) is 3.50. The van der Waals surface area contributed by atoms with E-state index in [1.807, 2.05) is 36.2 Å². The second kappa shape index (κ2) is 4.35. The Kier molecular flexibility index (Phi) is 2.67. The van der Waals surface area contributed by atoms with Gasteiger partial charge in [-0.2, -0.15) is 0 Å². The van der Waals surface area contributed by atoms with Crippen molar-refractivity contribution in [2.45, 2.75) is 0 Å². The van der Waals surface area contributed by atoms with E-state index in [1.165, 1.54) is 12.1 Å². The maximum Gasteiger partial charge on any atom is 0.211 e. The van der Waals surface area contributed by atoms with Gasteiger partial charge < -0.3 is 4.90 Å². The number of nitrogens with zero attached hydrogens (tertiary/aromatic N) is 1. The van der Waals surface area contributed by atoms with Crippen molar-refractivity contribution >= 4 is 17.5 Å². The fourth-order valence-electron chi connectivity index (χ4n) is 2.26. The number of rotatable bonds is 1. The Hall–Kier alpha value is -2.42. The molecule has 2 nitrogen and oxygen atoms in total. The van der Waals surface area contributed by atoms with Gasteiger partial charge in [-0.05, 0) is 35.9 Å². The van der Waals surface area contributed by atoms with E-state index in [0.29, 0.717) is 11.3 Å². The summed E-state index contributed by atoms with van der Waals surface area (Å²) in [4.78, 5) is 14.2. The van der Waals surface area contributed by atoms with Crippen molar-refractivity contribution < 1.29 is 9.18 Å². The Morgan fingerprint density at radius 1 is 1.05 bits per heavy atom. The minimum absolute atomic E-state index is 0.00225. The first-order valence-electron chi connectivity index (χ1n) is 6.01. The average Bonchev–Trinajstić information content (AvgIpc) is 2.67. The van der Waals surface area contributed by atoms with Gasteiger partial charge in [0.15, 0.2) is 0 Å². The molecule has 0 amide bonds. The highest BCUT2D eigenvalue weighted by atomic mass is 19.1. The second-order valence-electron chi connectivity index (χ2n) is 4.49. The molecule has 2 aromatic rings. The van der Waals surface area contributed by atoms with Crippen molar-refractivity contribution in [3.8, 4) is 0 Å². The van der Waals surface area contributed by atoms with Crippen LogP contribution >= 0.6 is 0 Å². The molecule has 2 aromatic carbocycles. The van der Waals surface area contributed by atoms with Crippen LogP contribution in [0.15, 0.2) is 54.2 Å². The van der Waals surface area contributed by atoms with Crippen LogP contribution in [0.3, 0.4) is 0 Å². The zero-order chi connectivity index (χ0) is 13.4. The maximum atomic E-state index is 12.9. The number of carbonyl (C=O) groups excluding carboxylic acids is 1. The van der Waals surface area contributed by atoms with Gasteiger partial charge in [-0.3, -0.25) is 4.79 Å². The molecule has 0 aliphatic carbocycles. The molecule has 1 aliphatic heterocycles. The summed E-state index contributed by atoms with van der Waals surface area (Å²) in [6, 6.07) is 13.6. The monoisotopic (exact) mass is 253 g/mol. The number of fused-ring (bicyclic) bond motifs is 1. The van der Waals surface area contributed by atoms with Crippen LogP contribution in [0.2, 0.25) is 0 Å². The van der Waals surface area contributed by atoms with E-state index in [2.05, 4.69) is 0 Å². The lowest BCUT2D eigenvalue weighted by Gasteiger charge is -2.13. The number of Topliss-reactive ketones (excluding diaryl/α,β-unsaturated/α-hetero) is 1. The zero-order valence-electron chi connectivity index (χ0n) is 10.4. The summed E-state index contributed by atoms with van der Waals surface area (Å²) in [5.41, 5.74) is 3.02. The van der Waals surface area contributed by atoms with Gasteiger partial charge in [0, 0.05) is 12.6 Å². The van der Waals surface area contributed by atoms with E-state index < -0.39 is 0 Å². The Bertz CT molecular complexity index is 673. The first-order valence-corrected chi connectivity index (χ1v) is 6.01. The Morgan fingerprint density at radius 3 is 2.42 bits per heavy atom. The smallest absolute Gasteiger partial charge is 0.211 e. The predicted molar refractivity (Wildman–Crippen MR) is 73.6 cm³/mol. The largest absolute Gasteiger partial charge is 0.341 e. The number of para-hydroxylation sites is 1. The molecule has 0 saturated heterocycles. The number of allylic oxidation sites excluding steroid dienone is 1. The van der Waals surface area contributed by atoms with Crippen molar-refractivity contribution in [3.63, 3.8) is 0 Å². The quantitative estimate of drug-likeness (QED) is 0.725.